The van der Waals surface area contributed by atoms with Crippen molar-refractivity contribution in [3.8, 4) is 11.8 Å². The number of aliphatic hydroxyl groups excluding tert-OH is 1. The van der Waals surface area contributed by atoms with Crippen LogP contribution in [0.1, 0.15) is 21.5 Å². The molecule has 1 aliphatic rings. The van der Waals surface area contributed by atoms with Crippen LogP contribution in [0.25, 0.3) is 5.69 Å². The Morgan fingerprint density at radius 1 is 1.28 bits per heavy atom. The lowest BCUT2D eigenvalue weighted by Crippen LogP contribution is -2.35. The number of hydrogen-bond acceptors (Lipinski definition) is 8. The molecule has 0 saturated carbocycles. The molecule has 1 aliphatic heterocycles. The minimum absolute atomic E-state index is 0.179. The van der Waals surface area contributed by atoms with Gasteiger partial charge in [-0.15, -0.1) is 5.10 Å². The van der Waals surface area contributed by atoms with Crippen molar-refractivity contribution in [2.75, 3.05) is 17.2 Å². The molecule has 10 heteroatoms. The first kappa shape index (κ1) is 18.9. The molecule has 0 saturated heterocycles. The Morgan fingerprint density at radius 3 is 2.79 bits per heavy atom. The van der Waals surface area contributed by atoms with Crippen molar-refractivity contribution < 1.29 is 15.0 Å². The fourth-order valence-corrected chi connectivity index (χ4v) is 4.06. The number of aromatic nitrogens is 4. The molecule has 2 heterocycles. The Labute approximate surface area is 170 Å². The number of carboxylic acid groups (broad SMARTS) is 1. The predicted molar refractivity (Wildman–Crippen MR) is 105 cm³/mol. The molecule has 2 N–H and O–H groups in total. The SMILES string of the molecule is N#Cc1ccc2c(c1)CCN2C(O)CSc1nnnn1-c1ccc(C(=O)O)cc1. The summed E-state index contributed by atoms with van der Waals surface area (Å²) in [6, 6.07) is 13.8. The summed E-state index contributed by atoms with van der Waals surface area (Å²) in [6.07, 6.45) is 0.0361. The molecular formula is C19H16N6O3S. The summed E-state index contributed by atoms with van der Waals surface area (Å²) in [5, 5.41) is 40.8. The molecule has 29 heavy (non-hydrogen) atoms. The van der Waals surface area contributed by atoms with Crippen molar-refractivity contribution in [2.45, 2.75) is 17.8 Å². The van der Waals surface area contributed by atoms with Crippen LogP contribution in [-0.4, -0.2) is 54.9 Å². The number of rotatable bonds is 6. The molecule has 0 aliphatic carbocycles. The zero-order valence-corrected chi connectivity index (χ0v) is 16.0. The number of fused-ring (bicyclic) bond motifs is 1. The fourth-order valence-electron chi connectivity index (χ4n) is 3.22. The lowest BCUT2D eigenvalue weighted by Gasteiger charge is -2.25. The quantitative estimate of drug-likeness (QED) is 0.586. The van der Waals surface area contributed by atoms with Crippen LogP contribution in [0.4, 0.5) is 5.69 Å². The third-order valence-corrected chi connectivity index (χ3v) is 5.64. The van der Waals surface area contributed by atoms with Gasteiger partial charge in [-0.1, -0.05) is 11.8 Å². The van der Waals surface area contributed by atoms with Gasteiger partial charge in [0.1, 0.15) is 6.23 Å². The van der Waals surface area contributed by atoms with Gasteiger partial charge in [-0.2, -0.15) is 9.94 Å². The van der Waals surface area contributed by atoms with Gasteiger partial charge in [0.05, 0.1) is 22.9 Å². The van der Waals surface area contributed by atoms with Crippen LogP contribution in [0.5, 0.6) is 0 Å². The molecule has 4 rings (SSSR count). The zero-order valence-electron chi connectivity index (χ0n) is 15.1. The summed E-state index contributed by atoms with van der Waals surface area (Å²) in [4.78, 5) is 12.9. The van der Waals surface area contributed by atoms with E-state index in [1.807, 2.05) is 17.0 Å². The van der Waals surface area contributed by atoms with Gasteiger partial charge in [-0.3, -0.25) is 0 Å². The number of carboxylic acids is 1. The first-order chi connectivity index (χ1) is 14.1. The predicted octanol–water partition coefficient (Wildman–Crippen LogP) is 1.71. The molecule has 0 amide bonds. The first-order valence-corrected chi connectivity index (χ1v) is 9.78. The molecule has 1 aromatic heterocycles. The topological polar surface area (TPSA) is 128 Å². The van der Waals surface area contributed by atoms with E-state index in [4.69, 9.17) is 10.4 Å². The lowest BCUT2D eigenvalue weighted by atomic mass is 10.1. The molecule has 0 fully saturated rings. The number of anilines is 1. The van der Waals surface area contributed by atoms with E-state index in [1.54, 1.807) is 18.2 Å². The standard InChI is InChI=1S/C19H16N6O3S/c20-10-12-1-6-16-14(9-12)7-8-24(16)17(26)11-29-19-21-22-23-25(19)15-4-2-13(3-5-15)18(27)28/h1-6,9,17,26H,7-8,11H2,(H,27,28). The first-order valence-electron chi connectivity index (χ1n) is 8.79. The number of aromatic carboxylic acids is 1. The van der Waals surface area contributed by atoms with Crippen molar-refractivity contribution in [3.05, 3.63) is 59.2 Å². The van der Waals surface area contributed by atoms with E-state index in [9.17, 15) is 9.90 Å². The Kier molecular flexibility index (Phi) is 5.16. The van der Waals surface area contributed by atoms with Crippen molar-refractivity contribution in [2.24, 2.45) is 0 Å². The maximum absolute atomic E-state index is 11.0. The molecule has 146 valence electrons. The second-order valence-electron chi connectivity index (χ2n) is 6.42. The Balaban J connectivity index is 1.45. The van der Waals surface area contributed by atoms with Crippen molar-refractivity contribution in [1.29, 1.82) is 5.26 Å². The molecule has 3 aromatic rings. The Morgan fingerprint density at radius 2 is 2.07 bits per heavy atom. The van der Waals surface area contributed by atoms with Crippen molar-refractivity contribution in [1.82, 2.24) is 20.2 Å². The van der Waals surface area contributed by atoms with Crippen molar-refractivity contribution >= 4 is 23.4 Å². The normalized spacial score (nSPS) is 13.7. The van der Waals surface area contributed by atoms with Gasteiger partial charge in [0.25, 0.3) is 0 Å². The third kappa shape index (κ3) is 3.78. The molecular weight excluding hydrogens is 392 g/mol. The molecule has 0 radical (unpaired) electrons. The number of aliphatic hydroxyl groups is 1. The Hall–Kier alpha value is -3.42. The van der Waals surface area contributed by atoms with Gasteiger partial charge in [0, 0.05) is 18.0 Å². The van der Waals surface area contributed by atoms with E-state index in [1.165, 1.54) is 28.6 Å². The lowest BCUT2D eigenvalue weighted by molar-refractivity contribution is 0.0697. The number of carbonyl (C=O) groups is 1. The molecule has 9 nitrogen and oxygen atoms in total. The highest BCUT2D eigenvalue weighted by Gasteiger charge is 2.25. The molecule has 0 spiro atoms. The van der Waals surface area contributed by atoms with Gasteiger partial charge in [-0.25, -0.2) is 4.79 Å². The van der Waals surface area contributed by atoms with Crippen molar-refractivity contribution in [3.63, 3.8) is 0 Å². The van der Waals surface area contributed by atoms with Crippen LogP contribution < -0.4 is 4.90 Å². The molecule has 1 atom stereocenters. The number of nitriles is 1. The van der Waals surface area contributed by atoms with E-state index in [2.05, 4.69) is 21.6 Å². The summed E-state index contributed by atoms with van der Waals surface area (Å²) < 4.78 is 1.50. The second kappa shape index (κ2) is 7.90. The number of hydrogen-bond donors (Lipinski definition) is 2. The fraction of sp³-hybridized carbons (Fsp3) is 0.211. The van der Waals surface area contributed by atoms with Crippen LogP contribution in [0.15, 0.2) is 47.6 Å². The highest BCUT2D eigenvalue weighted by Crippen LogP contribution is 2.31. The maximum Gasteiger partial charge on any atom is 0.335 e. The monoisotopic (exact) mass is 408 g/mol. The zero-order chi connectivity index (χ0) is 20.4. The smallest absolute Gasteiger partial charge is 0.335 e. The van der Waals surface area contributed by atoms with E-state index in [0.29, 0.717) is 28.7 Å². The average Bonchev–Trinajstić information content (AvgIpc) is 3.38. The number of thioether (sulfide) groups is 1. The van der Waals surface area contributed by atoms with Crippen LogP contribution in [0.3, 0.4) is 0 Å². The van der Waals surface area contributed by atoms with Crippen LogP contribution in [0.2, 0.25) is 0 Å². The van der Waals surface area contributed by atoms with Gasteiger partial charge in [-0.05, 0) is 64.9 Å². The molecule has 1 unspecified atom stereocenters. The summed E-state index contributed by atoms with van der Waals surface area (Å²) in [6.45, 7) is 0.674. The summed E-state index contributed by atoms with van der Waals surface area (Å²) in [5.74, 6) is -0.661. The highest BCUT2D eigenvalue weighted by molar-refractivity contribution is 7.99. The van der Waals surface area contributed by atoms with E-state index < -0.39 is 12.2 Å². The molecule has 0 bridgehead atoms. The van der Waals surface area contributed by atoms with E-state index in [-0.39, 0.29) is 5.56 Å². The van der Waals surface area contributed by atoms with Crippen LogP contribution >= 0.6 is 11.8 Å². The number of benzene rings is 2. The van der Waals surface area contributed by atoms with Crippen LogP contribution in [-0.2, 0) is 6.42 Å². The van der Waals surface area contributed by atoms with E-state index >= 15 is 0 Å². The maximum atomic E-state index is 11.0. The van der Waals surface area contributed by atoms with Gasteiger partial charge >= 0.3 is 5.97 Å². The van der Waals surface area contributed by atoms with E-state index in [0.717, 1.165) is 17.7 Å². The largest absolute Gasteiger partial charge is 0.478 e. The summed E-state index contributed by atoms with van der Waals surface area (Å²) >= 11 is 1.30. The minimum Gasteiger partial charge on any atom is -0.478 e. The van der Waals surface area contributed by atoms with Gasteiger partial charge in [0.15, 0.2) is 0 Å². The van der Waals surface area contributed by atoms with Gasteiger partial charge in [0.2, 0.25) is 5.16 Å². The van der Waals surface area contributed by atoms with Crippen LogP contribution in [0, 0.1) is 11.3 Å². The number of tetrazole rings is 1. The summed E-state index contributed by atoms with van der Waals surface area (Å²) in [5.41, 5.74) is 3.41. The third-order valence-electron chi connectivity index (χ3n) is 4.66. The average molecular weight is 408 g/mol. The summed E-state index contributed by atoms with van der Waals surface area (Å²) in [7, 11) is 0. The second-order valence-corrected chi connectivity index (χ2v) is 7.40. The van der Waals surface area contributed by atoms with Gasteiger partial charge < -0.3 is 15.1 Å². The highest BCUT2D eigenvalue weighted by atomic mass is 32.2. The molecule has 2 aromatic carbocycles. The number of nitrogens with zero attached hydrogens (tertiary/aromatic N) is 6. The minimum atomic E-state index is -1.00. The Bertz CT molecular complexity index is 1090.